The summed E-state index contributed by atoms with van der Waals surface area (Å²) in [4.78, 5) is 43.3. The van der Waals surface area contributed by atoms with E-state index in [9.17, 15) is 29.8 Å². The first-order valence-corrected chi connectivity index (χ1v) is 7.50. The number of nitro groups is 2. The third-order valence-corrected chi connectivity index (χ3v) is 3.36. The summed E-state index contributed by atoms with van der Waals surface area (Å²) in [6.07, 6.45) is 2.24. The van der Waals surface area contributed by atoms with Crippen LogP contribution in [-0.4, -0.2) is 64.2 Å². The predicted octanol–water partition coefficient (Wildman–Crippen LogP) is -1.19. The lowest BCUT2D eigenvalue weighted by molar-refractivity contribution is -0.801. The van der Waals surface area contributed by atoms with Crippen LogP contribution in [0.1, 0.15) is 23.1 Å². The van der Waals surface area contributed by atoms with Gasteiger partial charge in [0.2, 0.25) is 6.79 Å². The van der Waals surface area contributed by atoms with Gasteiger partial charge in [0.1, 0.15) is 9.85 Å². The van der Waals surface area contributed by atoms with Gasteiger partial charge in [-0.25, -0.2) is 14.2 Å². The molecule has 16 heteroatoms. The molecular weight excluding hydrogens is 384 g/mol. The molecule has 0 fully saturated rings. The molecule has 0 amide bonds. The zero-order valence-corrected chi connectivity index (χ0v) is 14.6. The summed E-state index contributed by atoms with van der Waals surface area (Å²) < 4.78 is 10.7. The molecule has 0 aliphatic heterocycles. The Balaban J connectivity index is 2.19. The van der Waals surface area contributed by atoms with Crippen molar-refractivity contribution in [3.63, 3.8) is 0 Å². The molecule has 2 heterocycles. The molecule has 0 aliphatic rings. The van der Waals surface area contributed by atoms with Crippen molar-refractivity contribution in [1.29, 1.82) is 0 Å². The Hall–Kier alpha value is -3.98. The summed E-state index contributed by atoms with van der Waals surface area (Å²) in [5.74, 6) is -1.71. The summed E-state index contributed by atoms with van der Waals surface area (Å²) in [5.41, 5.74) is -2.71. The van der Waals surface area contributed by atoms with Gasteiger partial charge in [-0.2, -0.15) is 0 Å². The van der Waals surface area contributed by atoms with E-state index in [0.717, 1.165) is 22.5 Å². The van der Waals surface area contributed by atoms with Crippen LogP contribution in [0.3, 0.4) is 0 Å². The lowest BCUT2D eigenvalue weighted by Gasteiger charge is -2.16. The molecule has 2 rings (SSSR count). The Labute approximate surface area is 155 Å². The first kappa shape index (κ1) is 20.3. The monoisotopic (exact) mass is 398 g/mol. The molecule has 28 heavy (non-hydrogen) atoms. The van der Waals surface area contributed by atoms with E-state index in [1.54, 1.807) is 6.92 Å². The predicted molar refractivity (Wildman–Crippen MR) is 83.5 cm³/mol. The Morgan fingerprint density at radius 1 is 1.07 bits per heavy atom. The Morgan fingerprint density at radius 2 is 1.64 bits per heavy atom. The summed E-state index contributed by atoms with van der Waals surface area (Å²) in [6.45, 7) is 0.417. The second-order valence-electron chi connectivity index (χ2n) is 5.54. The summed E-state index contributed by atoms with van der Waals surface area (Å²) in [6, 6.07) is 0. The van der Waals surface area contributed by atoms with E-state index in [-0.39, 0.29) is 5.69 Å². The minimum Gasteiger partial charge on any atom is -0.428 e. The van der Waals surface area contributed by atoms with Crippen LogP contribution in [0, 0.1) is 27.2 Å². The van der Waals surface area contributed by atoms with E-state index >= 15 is 0 Å². The minimum absolute atomic E-state index is 0.385. The molecule has 2 aromatic heterocycles. The van der Waals surface area contributed by atoms with Crippen molar-refractivity contribution in [3.05, 3.63) is 44.0 Å². The highest BCUT2D eigenvalue weighted by atomic mass is 16.7. The van der Waals surface area contributed by atoms with Gasteiger partial charge in [-0.1, -0.05) is 10.4 Å². The Kier molecular flexibility index (Phi) is 5.91. The van der Waals surface area contributed by atoms with Crippen molar-refractivity contribution in [2.75, 3.05) is 6.79 Å². The van der Waals surface area contributed by atoms with Crippen molar-refractivity contribution in [2.45, 2.75) is 32.6 Å². The highest BCUT2D eigenvalue weighted by molar-refractivity contribution is 5.86. The summed E-state index contributed by atoms with van der Waals surface area (Å²) in [5, 5.41) is 37.2. The molecular formula is C12H14N8O8. The van der Waals surface area contributed by atoms with Gasteiger partial charge in [0.05, 0.1) is 11.9 Å². The van der Waals surface area contributed by atoms with Gasteiger partial charge in [0.25, 0.3) is 0 Å². The first-order chi connectivity index (χ1) is 13.1. The fourth-order valence-corrected chi connectivity index (χ4v) is 2.05. The molecule has 0 aliphatic carbocycles. The van der Waals surface area contributed by atoms with Gasteiger partial charge in [-0.15, -0.1) is 10.2 Å². The van der Waals surface area contributed by atoms with E-state index in [2.05, 4.69) is 30.1 Å². The second-order valence-corrected chi connectivity index (χ2v) is 5.54. The number of ether oxygens (including phenoxy) is 2. The van der Waals surface area contributed by atoms with Gasteiger partial charge >= 0.3 is 17.6 Å². The molecule has 2 aromatic rings. The van der Waals surface area contributed by atoms with Gasteiger partial charge in [0, 0.05) is 13.1 Å². The lowest BCUT2D eigenvalue weighted by Crippen LogP contribution is -2.53. The number of carbonyl (C=O) groups excluding carboxylic acids is 2. The molecule has 150 valence electrons. The van der Waals surface area contributed by atoms with Crippen molar-refractivity contribution < 1.29 is 28.9 Å². The van der Waals surface area contributed by atoms with Crippen LogP contribution in [0.5, 0.6) is 0 Å². The molecule has 0 saturated heterocycles. The fraction of sp³-hybridized carbons (Fsp3) is 0.500. The molecule has 0 bridgehead atoms. The topological polar surface area (TPSA) is 200 Å². The third kappa shape index (κ3) is 4.59. The van der Waals surface area contributed by atoms with Crippen molar-refractivity contribution >= 4 is 11.9 Å². The number of hydrogen-bond donors (Lipinski definition) is 0. The zero-order chi connectivity index (χ0) is 20.9. The maximum atomic E-state index is 11.7. The van der Waals surface area contributed by atoms with Crippen LogP contribution >= 0.6 is 0 Å². The summed E-state index contributed by atoms with van der Waals surface area (Å²) in [7, 11) is 0. The van der Waals surface area contributed by atoms with E-state index in [1.807, 2.05) is 0 Å². The van der Waals surface area contributed by atoms with Crippen LogP contribution in [0.15, 0.2) is 12.4 Å². The van der Waals surface area contributed by atoms with Gasteiger partial charge in [-0.05, 0) is 6.92 Å². The average Bonchev–Trinajstić information content (AvgIpc) is 3.22. The largest absolute Gasteiger partial charge is 0.496 e. The van der Waals surface area contributed by atoms with Gasteiger partial charge in [-0.3, -0.25) is 25.0 Å². The highest BCUT2D eigenvalue weighted by Gasteiger charge is 2.58. The number of hydrogen-bond acceptors (Lipinski definition) is 12. The van der Waals surface area contributed by atoms with E-state index < -0.39 is 47.3 Å². The van der Waals surface area contributed by atoms with Gasteiger partial charge < -0.3 is 9.47 Å². The van der Waals surface area contributed by atoms with Gasteiger partial charge in [0.15, 0.2) is 18.8 Å². The maximum absolute atomic E-state index is 11.7. The maximum Gasteiger partial charge on any atom is 0.496 e. The van der Waals surface area contributed by atoms with Crippen LogP contribution < -0.4 is 0 Å². The van der Waals surface area contributed by atoms with Crippen LogP contribution in [0.4, 0.5) is 0 Å². The van der Waals surface area contributed by atoms with Crippen molar-refractivity contribution in [3.8, 4) is 0 Å². The van der Waals surface area contributed by atoms with E-state index in [1.165, 1.54) is 6.20 Å². The number of carbonyl (C=O) groups is 2. The SMILES string of the molecule is CC(=O)OCOC(=O)c1cn(CC(Cn2cc(C)nn2)([N+](=O)[O-])[N+](=O)[O-])nn1. The zero-order valence-electron chi connectivity index (χ0n) is 14.6. The Bertz CT molecular complexity index is 891. The van der Waals surface area contributed by atoms with E-state index in [0.29, 0.717) is 5.69 Å². The number of nitrogens with zero attached hydrogens (tertiary/aromatic N) is 8. The number of aryl methyl sites for hydroxylation is 1. The highest BCUT2D eigenvalue weighted by Crippen LogP contribution is 2.17. The molecule has 0 N–H and O–H groups in total. The molecule has 16 nitrogen and oxygen atoms in total. The third-order valence-electron chi connectivity index (χ3n) is 3.36. The van der Waals surface area contributed by atoms with E-state index in [4.69, 9.17) is 0 Å². The average molecular weight is 398 g/mol. The minimum atomic E-state index is -2.74. The molecule has 0 unspecified atom stereocenters. The smallest absolute Gasteiger partial charge is 0.428 e. The van der Waals surface area contributed by atoms with Crippen molar-refractivity contribution in [1.82, 2.24) is 30.0 Å². The van der Waals surface area contributed by atoms with Crippen LogP contribution in [-0.2, 0) is 27.4 Å². The van der Waals surface area contributed by atoms with Crippen LogP contribution in [0.25, 0.3) is 0 Å². The number of aromatic nitrogens is 6. The quantitative estimate of drug-likeness (QED) is 0.212. The first-order valence-electron chi connectivity index (χ1n) is 7.50. The lowest BCUT2D eigenvalue weighted by atomic mass is 10.2. The molecule has 0 aromatic carbocycles. The fourth-order valence-electron chi connectivity index (χ4n) is 2.05. The van der Waals surface area contributed by atoms with Crippen molar-refractivity contribution in [2.24, 2.45) is 0 Å². The Morgan fingerprint density at radius 3 is 2.14 bits per heavy atom. The normalized spacial score (nSPS) is 11.1. The molecule has 0 saturated carbocycles. The van der Waals surface area contributed by atoms with Crippen LogP contribution in [0.2, 0.25) is 0 Å². The molecule has 0 spiro atoms. The molecule has 0 radical (unpaired) electrons. The summed E-state index contributed by atoms with van der Waals surface area (Å²) >= 11 is 0. The second kappa shape index (κ2) is 8.14. The molecule has 0 atom stereocenters. The number of rotatable bonds is 9. The standard InChI is InChI=1S/C12H14N8O8/c1-8-3-17(15-13-8)5-12(19(23)24,20(25)26)6-18-4-10(14-16-18)11(22)28-7-27-9(2)21/h3-4H,5-7H2,1-2H3. The number of esters is 2.